The fourth-order valence-corrected chi connectivity index (χ4v) is 5.02. The molecule has 2 fully saturated rings. The van der Waals surface area contributed by atoms with E-state index in [-0.39, 0.29) is 5.91 Å². The Morgan fingerprint density at radius 3 is 2.70 bits per heavy atom. The SMILES string of the molecule is CC(=O)N1CCC(N2CC[C@H](c3nc4ccccc4s3)C2)CC1. The smallest absolute Gasteiger partial charge is 0.219 e. The molecule has 0 radical (unpaired) electrons. The lowest BCUT2D eigenvalue weighted by molar-refractivity contribution is -0.130. The van der Waals surface area contributed by atoms with E-state index in [0.29, 0.717) is 12.0 Å². The number of hydrogen-bond donors (Lipinski definition) is 0. The number of carbonyl (C=O) groups is 1. The third kappa shape index (κ3) is 3.00. The Balaban J connectivity index is 1.40. The van der Waals surface area contributed by atoms with Gasteiger partial charge >= 0.3 is 0 Å². The Morgan fingerprint density at radius 2 is 1.96 bits per heavy atom. The molecule has 0 unspecified atom stereocenters. The van der Waals surface area contributed by atoms with Crippen LogP contribution in [0.1, 0.15) is 37.1 Å². The standard InChI is InChI=1S/C18H23N3OS/c1-13(22)20-10-7-15(8-11-20)21-9-6-14(12-21)18-19-16-4-2-3-5-17(16)23-18/h2-5,14-15H,6-12H2,1H3/t14-/m0/s1. The number of aromatic nitrogens is 1. The Bertz CT molecular complexity index is 672. The van der Waals surface area contributed by atoms with E-state index in [1.165, 1.54) is 22.7 Å². The van der Waals surface area contributed by atoms with Crippen LogP contribution in [0.2, 0.25) is 0 Å². The van der Waals surface area contributed by atoms with Crippen LogP contribution in [0.25, 0.3) is 10.2 Å². The van der Waals surface area contributed by atoms with Crippen molar-refractivity contribution in [3.63, 3.8) is 0 Å². The fraction of sp³-hybridized carbons (Fsp3) is 0.556. The van der Waals surface area contributed by atoms with Crippen molar-refractivity contribution in [1.82, 2.24) is 14.8 Å². The molecule has 4 rings (SSSR count). The van der Waals surface area contributed by atoms with Crippen LogP contribution in [0.5, 0.6) is 0 Å². The number of likely N-dealkylation sites (tertiary alicyclic amines) is 2. The number of rotatable bonds is 2. The lowest BCUT2D eigenvalue weighted by Crippen LogP contribution is -2.45. The number of hydrogen-bond acceptors (Lipinski definition) is 4. The minimum atomic E-state index is 0.220. The predicted octanol–water partition coefficient (Wildman–Crippen LogP) is 3.10. The van der Waals surface area contributed by atoms with Crippen LogP contribution < -0.4 is 0 Å². The van der Waals surface area contributed by atoms with Gasteiger partial charge in [-0.1, -0.05) is 12.1 Å². The largest absolute Gasteiger partial charge is 0.343 e. The summed E-state index contributed by atoms with van der Waals surface area (Å²) in [5, 5.41) is 1.30. The highest BCUT2D eigenvalue weighted by atomic mass is 32.1. The van der Waals surface area contributed by atoms with Gasteiger partial charge < -0.3 is 4.90 Å². The summed E-state index contributed by atoms with van der Waals surface area (Å²) in [6, 6.07) is 9.08. The highest BCUT2D eigenvalue weighted by Crippen LogP contribution is 2.35. The molecule has 0 N–H and O–H groups in total. The van der Waals surface area contributed by atoms with Gasteiger partial charge in [-0.3, -0.25) is 9.69 Å². The van der Waals surface area contributed by atoms with E-state index in [1.54, 1.807) is 6.92 Å². The number of nitrogens with zero attached hydrogens (tertiary/aromatic N) is 3. The molecule has 1 aromatic heterocycles. The number of piperidine rings is 1. The molecule has 1 atom stereocenters. The average molecular weight is 329 g/mol. The monoisotopic (exact) mass is 329 g/mol. The lowest BCUT2D eigenvalue weighted by atomic mass is 10.0. The van der Waals surface area contributed by atoms with Gasteiger partial charge in [-0.2, -0.15) is 0 Å². The van der Waals surface area contributed by atoms with E-state index in [1.807, 2.05) is 16.2 Å². The van der Waals surface area contributed by atoms with E-state index in [9.17, 15) is 4.79 Å². The zero-order valence-electron chi connectivity index (χ0n) is 13.6. The van der Waals surface area contributed by atoms with Gasteiger partial charge in [-0.15, -0.1) is 11.3 Å². The van der Waals surface area contributed by atoms with Gasteiger partial charge in [0.25, 0.3) is 0 Å². The molecule has 2 aliphatic rings. The first-order chi connectivity index (χ1) is 11.2. The summed E-state index contributed by atoms with van der Waals surface area (Å²) in [7, 11) is 0. The van der Waals surface area contributed by atoms with E-state index < -0.39 is 0 Å². The molecule has 2 aromatic rings. The Labute approximate surface area is 141 Å². The number of carbonyl (C=O) groups excluding carboxylic acids is 1. The van der Waals surface area contributed by atoms with Crippen LogP contribution in [0.4, 0.5) is 0 Å². The summed E-state index contributed by atoms with van der Waals surface area (Å²) < 4.78 is 1.30. The topological polar surface area (TPSA) is 36.4 Å². The van der Waals surface area contributed by atoms with Crippen LogP contribution in [0.3, 0.4) is 0 Å². The van der Waals surface area contributed by atoms with Gasteiger partial charge in [-0.05, 0) is 37.9 Å². The van der Waals surface area contributed by atoms with E-state index >= 15 is 0 Å². The molecule has 122 valence electrons. The van der Waals surface area contributed by atoms with Crippen molar-refractivity contribution in [2.75, 3.05) is 26.2 Å². The molecular weight excluding hydrogens is 306 g/mol. The number of fused-ring (bicyclic) bond motifs is 1. The molecule has 3 heterocycles. The third-order valence-corrected chi connectivity index (χ3v) is 6.50. The number of amides is 1. The van der Waals surface area contributed by atoms with Gasteiger partial charge in [0.1, 0.15) is 0 Å². The molecule has 0 bridgehead atoms. The second-order valence-corrected chi connectivity index (χ2v) is 7.80. The molecular formula is C18H23N3OS. The number of para-hydroxylation sites is 1. The highest BCUT2D eigenvalue weighted by Gasteiger charge is 2.32. The second-order valence-electron chi connectivity index (χ2n) is 6.74. The second kappa shape index (κ2) is 6.21. The fourth-order valence-electron chi connectivity index (χ4n) is 3.93. The predicted molar refractivity (Wildman–Crippen MR) is 93.8 cm³/mol. The summed E-state index contributed by atoms with van der Waals surface area (Å²) >= 11 is 1.86. The first-order valence-electron chi connectivity index (χ1n) is 8.56. The van der Waals surface area contributed by atoms with Crippen molar-refractivity contribution >= 4 is 27.5 Å². The third-order valence-electron chi connectivity index (χ3n) is 5.31. The van der Waals surface area contributed by atoms with Crippen LogP contribution in [-0.2, 0) is 4.79 Å². The summed E-state index contributed by atoms with van der Waals surface area (Å²) in [4.78, 5) is 20.9. The number of benzene rings is 1. The van der Waals surface area contributed by atoms with E-state index in [0.717, 1.165) is 38.0 Å². The van der Waals surface area contributed by atoms with Gasteiger partial charge in [0.15, 0.2) is 0 Å². The summed E-state index contributed by atoms with van der Waals surface area (Å²) in [5.74, 6) is 0.801. The summed E-state index contributed by atoms with van der Waals surface area (Å²) in [6.07, 6.45) is 3.45. The maximum Gasteiger partial charge on any atom is 0.219 e. The molecule has 5 heteroatoms. The zero-order valence-corrected chi connectivity index (χ0v) is 14.4. The first-order valence-corrected chi connectivity index (χ1v) is 9.37. The van der Waals surface area contributed by atoms with Crippen molar-refractivity contribution in [2.24, 2.45) is 0 Å². The Kier molecular flexibility index (Phi) is 4.07. The van der Waals surface area contributed by atoms with E-state index in [2.05, 4.69) is 29.2 Å². The minimum Gasteiger partial charge on any atom is -0.343 e. The Hall–Kier alpha value is -1.46. The molecule has 0 spiro atoms. The van der Waals surface area contributed by atoms with Crippen molar-refractivity contribution in [3.05, 3.63) is 29.3 Å². The van der Waals surface area contributed by atoms with E-state index in [4.69, 9.17) is 4.98 Å². The maximum absolute atomic E-state index is 11.5. The zero-order chi connectivity index (χ0) is 15.8. The lowest BCUT2D eigenvalue weighted by Gasteiger charge is -2.36. The molecule has 23 heavy (non-hydrogen) atoms. The summed E-state index contributed by atoms with van der Waals surface area (Å²) in [6.45, 7) is 5.82. The van der Waals surface area contributed by atoms with Crippen molar-refractivity contribution < 1.29 is 4.79 Å². The van der Waals surface area contributed by atoms with Gasteiger partial charge in [0.05, 0.1) is 15.2 Å². The number of thiazole rings is 1. The van der Waals surface area contributed by atoms with Crippen molar-refractivity contribution in [1.29, 1.82) is 0 Å². The molecule has 2 saturated heterocycles. The molecule has 1 aromatic carbocycles. The van der Waals surface area contributed by atoms with Crippen molar-refractivity contribution in [3.8, 4) is 0 Å². The van der Waals surface area contributed by atoms with Crippen molar-refractivity contribution in [2.45, 2.75) is 38.1 Å². The molecule has 1 amide bonds. The highest BCUT2D eigenvalue weighted by molar-refractivity contribution is 7.18. The molecule has 4 nitrogen and oxygen atoms in total. The van der Waals surface area contributed by atoms with Crippen LogP contribution in [-0.4, -0.2) is 52.9 Å². The minimum absolute atomic E-state index is 0.220. The normalized spacial score (nSPS) is 23.7. The first kappa shape index (κ1) is 15.1. The van der Waals surface area contributed by atoms with Crippen LogP contribution >= 0.6 is 11.3 Å². The van der Waals surface area contributed by atoms with Crippen LogP contribution in [0.15, 0.2) is 24.3 Å². The van der Waals surface area contributed by atoms with Gasteiger partial charge in [0, 0.05) is 38.5 Å². The quantitative estimate of drug-likeness (QED) is 0.849. The molecule has 0 aliphatic carbocycles. The molecule has 2 aliphatic heterocycles. The Morgan fingerprint density at radius 1 is 1.17 bits per heavy atom. The average Bonchev–Trinajstić information content (AvgIpc) is 3.21. The summed E-state index contributed by atoms with van der Waals surface area (Å²) in [5.41, 5.74) is 1.14. The van der Waals surface area contributed by atoms with Crippen LogP contribution in [0, 0.1) is 0 Å². The van der Waals surface area contributed by atoms with Gasteiger partial charge in [-0.25, -0.2) is 4.98 Å². The van der Waals surface area contributed by atoms with Gasteiger partial charge in [0.2, 0.25) is 5.91 Å². The molecule has 0 saturated carbocycles. The maximum atomic E-state index is 11.5.